The van der Waals surface area contributed by atoms with Gasteiger partial charge in [0, 0.05) is 5.75 Å². The molecule has 1 fully saturated rings. The van der Waals surface area contributed by atoms with Gasteiger partial charge in [-0.05, 0) is 24.6 Å². The molecule has 1 N–H and O–H groups in total. The van der Waals surface area contributed by atoms with Crippen molar-refractivity contribution >= 4 is 29.5 Å². The summed E-state index contributed by atoms with van der Waals surface area (Å²) in [5, 5.41) is 13.4. The number of thioether (sulfide) groups is 1. The van der Waals surface area contributed by atoms with Crippen LogP contribution in [0.15, 0.2) is 41.6 Å². The monoisotopic (exact) mass is 370 g/mol. The maximum Gasteiger partial charge on any atom is 1.00 e. The first-order valence-electron chi connectivity index (χ1n) is 7.32. The van der Waals surface area contributed by atoms with Gasteiger partial charge in [-0.3, -0.25) is 14.5 Å². The molecule has 7 nitrogen and oxygen atoms in total. The summed E-state index contributed by atoms with van der Waals surface area (Å²) >= 11 is 1.41. The Labute approximate surface area is 171 Å². The Morgan fingerprint density at radius 2 is 2.04 bits per heavy atom. The van der Waals surface area contributed by atoms with Crippen LogP contribution in [0, 0.1) is 0 Å². The average molecular weight is 370 g/mol. The van der Waals surface area contributed by atoms with Crippen molar-refractivity contribution in [3.8, 4) is 5.75 Å². The first kappa shape index (κ1) is 19.8. The third kappa shape index (κ3) is 4.03. The second kappa shape index (κ2) is 8.27. The van der Waals surface area contributed by atoms with E-state index in [1.165, 1.54) is 16.7 Å². The molecule has 2 heterocycles. The number of benzene rings is 1. The summed E-state index contributed by atoms with van der Waals surface area (Å²) in [4.78, 5) is 36.6. The minimum atomic E-state index is -1.37. The van der Waals surface area contributed by atoms with Gasteiger partial charge in [-0.25, -0.2) is 0 Å². The molecule has 126 valence electrons. The molecular formula is C16H15N2NaO5S. The average Bonchev–Trinajstić information content (AvgIpc) is 2.58. The zero-order valence-electron chi connectivity index (χ0n) is 13.9. The molecule has 0 spiro atoms. The van der Waals surface area contributed by atoms with Gasteiger partial charge in [-0.2, -0.15) is 0 Å². The number of hydrogen-bond donors (Lipinski definition) is 1. The Bertz CT molecular complexity index is 724. The number of carboxylic acid groups (broad SMARTS) is 1. The molecular weight excluding hydrogens is 355 g/mol. The van der Waals surface area contributed by atoms with Gasteiger partial charge in [0.1, 0.15) is 17.2 Å². The molecule has 0 aliphatic carbocycles. The fraction of sp³-hybridized carbons (Fsp3) is 0.312. The van der Waals surface area contributed by atoms with E-state index in [4.69, 9.17) is 4.74 Å². The molecule has 2 unspecified atom stereocenters. The summed E-state index contributed by atoms with van der Waals surface area (Å²) < 4.78 is 5.33. The van der Waals surface area contributed by atoms with Crippen molar-refractivity contribution in [1.29, 1.82) is 0 Å². The largest absolute Gasteiger partial charge is 1.00 e. The molecule has 1 aromatic carbocycles. The van der Waals surface area contributed by atoms with Gasteiger partial charge in [-0.15, -0.1) is 11.8 Å². The number of fused-ring (bicyclic) bond motifs is 1. The van der Waals surface area contributed by atoms with Crippen molar-refractivity contribution in [2.75, 3.05) is 12.4 Å². The summed E-state index contributed by atoms with van der Waals surface area (Å²) in [6.45, 7) is 1.44. The second-order valence-corrected chi connectivity index (χ2v) is 6.58. The van der Waals surface area contributed by atoms with E-state index in [1.54, 1.807) is 31.2 Å². The first-order chi connectivity index (χ1) is 11.5. The van der Waals surface area contributed by atoms with Crippen LogP contribution >= 0.6 is 11.8 Å². The second-order valence-electron chi connectivity index (χ2n) is 5.47. The molecule has 1 aromatic rings. The SMILES string of the molecule is CC1=C(C(=O)[O-])N2C(=O)C(NC(=O)COc3ccccc3)C2SC1.[Na+]. The van der Waals surface area contributed by atoms with E-state index in [-0.39, 0.29) is 41.9 Å². The predicted molar refractivity (Wildman–Crippen MR) is 84.7 cm³/mol. The Morgan fingerprint density at radius 3 is 2.68 bits per heavy atom. The summed E-state index contributed by atoms with van der Waals surface area (Å²) in [5.41, 5.74) is 0.497. The van der Waals surface area contributed by atoms with Gasteiger partial charge in [0.05, 0.1) is 11.7 Å². The number of ether oxygens (including phenoxy) is 1. The van der Waals surface area contributed by atoms with Crippen molar-refractivity contribution in [3.63, 3.8) is 0 Å². The molecule has 2 aliphatic heterocycles. The quantitative estimate of drug-likeness (QED) is 0.427. The fourth-order valence-corrected chi connectivity index (χ4v) is 3.94. The van der Waals surface area contributed by atoms with E-state index in [1.807, 2.05) is 6.07 Å². The topological polar surface area (TPSA) is 98.8 Å². The molecule has 0 bridgehead atoms. The van der Waals surface area contributed by atoms with E-state index in [0.29, 0.717) is 17.1 Å². The third-order valence-electron chi connectivity index (χ3n) is 3.78. The van der Waals surface area contributed by atoms with E-state index in [9.17, 15) is 19.5 Å². The molecule has 9 heteroatoms. The van der Waals surface area contributed by atoms with Crippen LogP contribution in [-0.2, 0) is 14.4 Å². The molecule has 2 aliphatic rings. The number of carbonyl (C=O) groups excluding carboxylic acids is 3. The minimum absolute atomic E-state index is 0. The van der Waals surface area contributed by atoms with Crippen LogP contribution in [0.4, 0.5) is 0 Å². The number of para-hydroxylation sites is 1. The van der Waals surface area contributed by atoms with Crippen LogP contribution in [0.2, 0.25) is 0 Å². The number of carboxylic acids is 1. The smallest absolute Gasteiger partial charge is 0.543 e. The number of nitrogens with one attached hydrogen (secondary N) is 1. The number of hydrogen-bond acceptors (Lipinski definition) is 6. The third-order valence-corrected chi connectivity index (χ3v) is 5.21. The van der Waals surface area contributed by atoms with Crippen molar-refractivity contribution in [2.24, 2.45) is 0 Å². The Balaban J connectivity index is 0.00000225. The van der Waals surface area contributed by atoms with Gasteiger partial charge >= 0.3 is 29.6 Å². The molecule has 2 amide bonds. The molecule has 3 rings (SSSR count). The fourth-order valence-electron chi connectivity index (χ4n) is 2.64. The number of nitrogens with zero attached hydrogens (tertiary/aromatic N) is 1. The molecule has 1 saturated heterocycles. The molecule has 25 heavy (non-hydrogen) atoms. The van der Waals surface area contributed by atoms with Crippen LogP contribution in [0.5, 0.6) is 5.75 Å². The molecule has 2 atom stereocenters. The Kier molecular flexibility index (Phi) is 6.56. The van der Waals surface area contributed by atoms with E-state index >= 15 is 0 Å². The summed E-state index contributed by atoms with van der Waals surface area (Å²) in [6.07, 6.45) is 0. The van der Waals surface area contributed by atoms with E-state index < -0.39 is 29.2 Å². The van der Waals surface area contributed by atoms with Gasteiger partial charge in [0.25, 0.3) is 11.8 Å². The van der Waals surface area contributed by atoms with Crippen LogP contribution in [0.1, 0.15) is 6.92 Å². The number of aliphatic carboxylic acids is 1. The zero-order chi connectivity index (χ0) is 17.3. The predicted octanol–water partition coefficient (Wildman–Crippen LogP) is -3.51. The zero-order valence-corrected chi connectivity index (χ0v) is 16.7. The van der Waals surface area contributed by atoms with Crippen molar-refractivity contribution in [2.45, 2.75) is 18.3 Å². The summed E-state index contributed by atoms with van der Waals surface area (Å²) in [7, 11) is 0. The van der Waals surface area contributed by atoms with Crippen LogP contribution < -0.4 is 44.7 Å². The van der Waals surface area contributed by atoms with Crippen molar-refractivity contribution < 1.29 is 53.8 Å². The number of carbonyl (C=O) groups is 3. The van der Waals surface area contributed by atoms with Crippen LogP contribution in [0.3, 0.4) is 0 Å². The van der Waals surface area contributed by atoms with Crippen LogP contribution in [0.25, 0.3) is 0 Å². The van der Waals surface area contributed by atoms with Gasteiger partial charge in [0.15, 0.2) is 6.61 Å². The maximum atomic E-state index is 12.2. The molecule has 0 aromatic heterocycles. The first-order valence-corrected chi connectivity index (χ1v) is 8.37. The standard InChI is InChI=1S/C16H16N2O5S.Na/c1-9-8-24-15-12(14(20)18(15)13(9)16(21)22)17-11(19)7-23-10-5-3-2-4-6-10;/h2-6,12,15H,7-8H2,1H3,(H,17,19)(H,21,22);/q;+1/p-1. The summed E-state index contributed by atoms with van der Waals surface area (Å²) in [6, 6.07) is 8.11. The maximum absolute atomic E-state index is 12.2. The number of rotatable bonds is 5. The van der Waals surface area contributed by atoms with Gasteiger partial charge < -0.3 is 20.0 Å². The van der Waals surface area contributed by atoms with Crippen LogP contribution in [-0.4, -0.2) is 46.5 Å². The van der Waals surface area contributed by atoms with Gasteiger partial charge in [0.2, 0.25) is 0 Å². The van der Waals surface area contributed by atoms with Gasteiger partial charge in [-0.1, -0.05) is 18.2 Å². The molecule has 0 saturated carbocycles. The van der Waals surface area contributed by atoms with Crippen molar-refractivity contribution in [3.05, 3.63) is 41.6 Å². The molecule has 0 radical (unpaired) electrons. The van der Waals surface area contributed by atoms with Crippen molar-refractivity contribution in [1.82, 2.24) is 10.2 Å². The normalized spacial score (nSPS) is 21.6. The number of amides is 2. The minimum Gasteiger partial charge on any atom is -0.543 e. The van der Waals surface area contributed by atoms with E-state index in [0.717, 1.165) is 0 Å². The number of β-lactam (4-membered cyclic amide) rings is 1. The Hall–Kier alpha value is -1.48. The van der Waals surface area contributed by atoms with E-state index in [2.05, 4.69) is 5.32 Å². The Morgan fingerprint density at radius 1 is 1.36 bits per heavy atom. The summed E-state index contributed by atoms with van der Waals surface area (Å²) in [5.74, 6) is -1.22.